The fraction of sp³-hybridized carbons (Fsp3) is 0.467. The summed E-state index contributed by atoms with van der Waals surface area (Å²) in [6, 6.07) is 7.01. The lowest BCUT2D eigenvalue weighted by Gasteiger charge is -2.26. The van der Waals surface area contributed by atoms with E-state index in [0.717, 1.165) is 16.6 Å². The Kier molecular flexibility index (Phi) is 6.35. The summed E-state index contributed by atoms with van der Waals surface area (Å²) in [5.41, 5.74) is 0.830. The van der Waals surface area contributed by atoms with Gasteiger partial charge in [-0.05, 0) is 17.7 Å². The van der Waals surface area contributed by atoms with Crippen LogP contribution in [0.4, 0.5) is 0 Å². The van der Waals surface area contributed by atoms with Gasteiger partial charge in [-0.3, -0.25) is 9.59 Å². The van der Waals surface area contributed by atoms with E-state index in [1.165, 1.54) is 7.11 Å². The van der Waals surface area contributed by atoms with Gasteiger partial charge in [-0.1, -0.05) is 28.1 Å². The molecule has 1 amide bonds. The second kappa shape index (κ2) is 8.26. The molecule has 1 aromatic carbocycles. The van der Waals surface area contributed by atoms with Crippen molar-refractivity contribution in [1.29, 1.82) is 0 Å². The third-order valence-electron chi connectivity index (χ3n) is 3.39. The lowest BCUT2D eigenvalue weighted by atomic mass is 10.0. The van der Waals surface area contributed by atoms with E-state index in [1.54, 1.807) is 0 Å². The number of hydrogen-bond donors (Lipinski definition) is 2. The normalized spacial score (nSPS) is 19.3. The van der Waals surface area contributed by atoms with Gasteiger partial charge in [0.1, 0.15) is 6.10 Å². The van der Waals surface area contributed by atoms with Gasteiger partial charge in [0.25, 0.3) is 5.91 Å². The van der Waals surface area contributed by atoms with Crippen molar-refractivity contribution in [2.45, 2.75) is 18.6 Å². The minimum Gasteiger partial charge on any atom is -0.469 e. The van der Waals surface area contributed by atoms with Crippen molar-refractivity contribution in [3.05, 3.63) is 34.3 Å². The molecule has 0 radical (unpaired) electrons. The number of benzene rings is 1. The quantitative estimate of drug-likeness (QED) is 0.760. The molecule has 2 atom stereocenters. The molecule has 1 fully saturated rings. The van der Waals surface area contributed by atoms with Crippen molar-refractivity contribution in [2.75, 3.05) is 26.8 Å². The Labute approximate surface area is 137 Å². The van der Waals surface area contributed by atoms with E-state index in [9.17, 15) is 9.59 Å². The zero-order chi connectivity index (χ0) is 15.9. The number of morpholine rings is 1. The van der Waals surface area contributed by atoms with Crippen LogP contribution in [0.25, 0.3) is 0 Å². The predicted molar refractivity (Wildman–Crippen MR) is 84.3 cm³/mol. The lowest BCUT2D eigenvalue weighted by Crippen LogP contribution is -2.48. The average molecular weight is 371 g/mol. The molecule has 0 aliphatic carbocycles. The van der Waals surface area contributed by atoms with Crippen molar-refractivity contribution in [1.82, 2.24) is 10.6 Å². The summed E-state index contributed by atoms with van der Waals surface area (Å²) in [7, 11) is 1.33. The largest absolute Gasteiger partial charge is 0.469 e. The number of ether oxygens (including phenoxy) is 2. The van der Waals surface area contributed by atoms with Crippen LogP contribution in [0.5, 0.6) is 0 Å². The third kappa shape index (κ3) is 4.79. The first kappa shape index (κ1) is 16.9. The summed E-state index contributed by atoms with van der Waals surface area (Å²) >= 11 is 3.39. The Hall–Kier alpha value is -1.44. The summed E-state index contributed by atoms with van der Waals surface area (Å²) in [6.45, 7) is 1.70. The zero-order valence-corrected chi connectivity index (χ0v) is 13.9. The van der Waals surface area contributed by atoms with Crippen molar-refractivity contribution in [3.63, 3.8) is 0 Å². The second-order valence-corrected chi connectivity index (χ2v) is 5.88. The van der Waals surface area contributed by atoms with E-state index in [-0.39, 0.29) is 18.3 Å². The number of nitrogens with one attached hydrogen (secondary N) is 2. The highest BCUT2D eigenvalue weighted by molar-refractivity contribution is 9.10. The van der Waals surface area contributed by atoms with Gasteiger partial charge in [-0.2, -0.15) is 0 Å². The molecule has 22 heavy (non-hydrogen) atoms. The van der Waals surface area contributed by atoms with Crippen LogP contribution < -0.4 is 10.6 Å². The number of hydrogen-bond acceptors (Lipinski definition) is 5. The number of halogens is 1. The van der Waals surface area contributed by atoms with Crippen LogP contribution in [-0.2, 0) is 19.1 Å². The molecular weight excluding hydrogens is 352 g/mol. The van der Waals surface area contributed by atoms with E-state index >= 15 is 0 Å². The monoisotopic (exact) mass is 370 g/mol. The van der Waals surface area contributed by atoms with Gasteiger partial charge in [0.15, 0.2) is 0 Å². The highest BCUT2D eigenvalue weighted by atomic mass is 79.9. The maximum atomic E-state index is 12.3. The van der Waals surface area contributed by atoms with Crippen LogP contribution in [0, 0.1) is 0 Å². The highest BCUT2D eigenvalue weighted by Crippen LogP contribution is 2.21. The van der Waals surface area contributed by atoms with Crippen LogP contribution >= 0.6 is 15.9 Å². The molecule has 6 nitrogen and oxygen atoms in total. The molecule has 0 saturated carbocycles. The number of carbonyl (C=O) groups excluding carboxylic acids is 2. The molecule has 2 N–H and O–H groups in total. The first-order chi connectivity index (χ1) is 10.6. The van der Waals surface area contributed by atoms with E-state index < -0.39 is 12.1 Å². The number of methoxy groups -OCH3 is 1. The lowest BCUT2D eigenvalue weighted by molar-refractivity contribution is -0.142. The topological polar surface area (TPSA) is 76.7 Å². The van der Waals surface area contributed by atoms with Crippen LogP contribution in [0.1, 0.15) is 18.0 Å². The Balaban J connectivity index is 2.09. The maximum absolute atomic E-state index is 12.3. The van der Waals surface area contributed by atoms with Crippen LogP contribution in [0.2, 0.25) is 0 Å². The molecule has 1 aliphatic heterocycles. The van der Waals surface area contributed by atoms with E-state index in [4.69, 9.17) is 9.47 Å². The number of esters is 1. The van der Waals surface area contributed by atoms with Crippen molar-refractivity contribution < 1.29 is 19.1 Å². The standard InChI is InChI=1S/C15H19BrN2O4/c1-21-14(19)8-12(10-3-2-4-11(16)7-10)18-15(20)13-9-17-5-6-22-13/h2-4,7,12-13,17H,5-6,8-9H2,1H3,(H,18,20). The first-order valence-corrected chi connectivity index (χ1v) is 7.84. The second-order valence-electron chi connectivity index (χ2n) is 4.96. The predicted octanol–water partition coefficient (Wildman–Crippen LogP) is 1.16. The fourth-order valence-corrected chi connectivity index (χ4v) is 2.64. The van der Waals surface area contributed by atoms with E-state index in [2.05, 4.69) is 26.6 Å². The average Bonchev–Trinajstić information content (AvgIpc) is 2.54. The summed E-state index contributed by atoms with van der Waals surface area (Å²) in [5, 5.41) is 5.97. The number of rotatable bonds is 5. The smallest absolute Gasteiger partial charge is 0.307 e. The molecule has 1 heterocycles. The van der Waals surface area contributed by atoms with Crippen molar-refractivity contribution in [2.24, 2.45) is 0 Å². The van der Waals surface area contributed by atoms with Crippen molar-refractivity contribution in [3.8, 4) is 0 Å². The van der Waals surface area contributed by atoms with E-state index in [1.807, 2.05) is 24.3 Å². The zero-order valence-electron chi connectivity index (χ0n) is 12.3. The van der Waals surface area contributed by atoms with Crippen molar-refractivity contribution >= 4 is 27.8 Å². The minimum atomic E-state index is -0.541. The van der Waals surface area contributed by atoms with Gasteiger partial charge in [0.05, 0.1) is 26.2 Å². The minimum absolute atomic E-state index is 0.0683. The highest BCUT2D eigenvalue weighted by Gasteiger charge is 2.26. The summed E-state index contributed by atoms with van der Waals surface area (Å²) < 4.78 is 11.0. The fourth-order valence-electron chi connectivity index (χ4n) is 2.22. The van der Waals surface area contributed by atoms with Gasteiger partial charge >= 0.3 is 5.97 Å². The van der Waals surface area contributed by atoms with Crippen LogP contribution in [0.3, 0.4) is 0 Å². The molecule has 1 saturated heterocycles. The summed E-state index contributed by atoms with van der Waals surface area (Å²) in [5.74, 6) is -0.617. The molecule has 2 unspecified atom stereocenters. The van der Waals surface area contributed by atoms with Crippen LogP contribution in [-0.4, -0.2) is 44.8 Å². The molecule has 2 rings (SSSR count). The molecule has 0 aromatic heterocycles. The summed E-state index contributed by atoms with van der Waals surface area (Å²) in [6.07, 6.45) is -0.472. The van der Waals surface area contributed by atoms with Gasteiger partial charge < -0.3 is 20.1 Å². The third-order valence-corrected chi connectivity index (χ3v) is 3.88. The first-order valence-electron chi connectivity index (χ1n) is 7.05. The Morgan fingerprint density at radius 2 is 2.36 bits per heavy atom. The molecule has 120 valence electrons. The molecular formula is C15H19BrN2O4. The van der Waals surface area contributed by atoms with Gasteiger partial charge in [-0.15, -0.1) is 0 Å². The van der Waals surface area contributed by atoms with Gasteiger partial charge in [0.2, 0.25) is 0 Å². The molecule has 7 heteroatoms. The molecule has 0 bridgehead atoms. The number of amides is 1. The van der Waals surface area contributed by atoms with E-state index in [0.29, 0.717) is 13.2 Å². The maximum Gasteiger partial charge on any atom is 0.307 e. The Bertz CT molecular complexity index is 532. The van der Waals surface area contributed by atoms with Gasteiger partial charge in [-0.25, -0.2) is 0 Å². The molecule has 0 spiro atoms. The Morgan fingerprint density at radius 3 is 3.00 bits per heavy atom. The molecule has 1 aromatic rings. The SMILES string of the molecule is COC(=O)CC(NC(=O)C1CNCCO1)c1cccc(Br)c1. The number of carbonyl (C=O) groups is 2. The molecule has 1 aliphatic rings. The summed E-state index contributed by atoms with van der Waals surface area (Å²) in [4.78, 5) is 23.9. The Morgan fingerprint density at radius 1 is 1.55 bits per heavy atom. The van der Waals surface area contributed by atoms with Crippen LogP contribution in [0.15, 0.2) is 28.7 Å². The van der Waals surface area contributed by atoms with Gasteiger partial charge in [0, 0.05) is 17.6 Å².